The van der Waals surface area contributed by atoms with Crippen LogP contribution in [0.5, 0.6) is 11.5 Å². The van der Waals surface area contributed by atoms with E-state index in [-0.39, 0.29) is 38.4 Å². The number of methoxy groups -OCH3 is 2. The Morgan fingerprint density at radius 3 is 2.21 bits per heavy atom. The Morgan fingerprint density at radius 1 is 0.936 bits per heavy atom. The molecule has 1 saturated heterocycles. The topological polar surface area (TPSA) is 101 Å². The van der Waals surface area contributed by atoms with Crippen LogP contribution in [0, 0.1) is 0 Å². The third-order valence-corrected chi connectivity index (χ3v) is 9.75. The molecule has 3 aromatic rings. The van der Waals surface area contributed by atoms with E-state index in [1.807, 2.05) is 66.7 Å². The second-order valence-corrected chi connectivity index (χ2v) is 12.9. The third-order valence-electron chi connectivity index (χ3n) is 8.78. The van der Waals surface area contributed by atoms with E-state index >= 15 is 0 Å². The van der Waals surface area contributed by atoms with E-state index in [4.69, 9.17) is 18.9 Å². The van der Waals surface area contributed by atoms with E-state index in [0.717, 1.165) is 22.3 Å². The van der Waals surface area contributed by atoms with Crippen LogP contribution >= 0.6 is 0 Å². The second-order valence-electron chi connectivity index (χ2n) is 11.4. The summed E-state index contributed by atoms with van der Waals surface area (Å²) in [4.78, 5) is 15.1. The summed E-state index contributed by atoms with van der Waals surface area (Å²) in [5, 5.41) is 0. The fourth-order valence-corrected chi connectivity index (χ4v) is 7.21. The van der Waals surface area contributed by atoms with E-state index in [2.05, 4.69) is 4.18 Å². The van der Waals surface area contributed by atoms with E-state index < -0.39 is 38.9 Å². The maximum atomic E-state index is 13.6. The van der Waals surface area contributed by atoms with Crippen LogP contribution in [-0.4, -0.2) is 51.7 Å². The number of hydrogen-bond acceptors (Lipinski definition) is 8. The van der Waals surface area contributed by atoms with Crippen molar-refractivity contribution in [3.63, 3.8) is 0 Å². The van der Waals surface area contributed by atoms with Crippen molar-refractivity contribution in [1.82, 2.24) is 4.90 Å². The minimum absolute atomic E-state index is 0.00751. The van der Waals surface area contributed by atoms with Crippen molar-refractivity contribution < 1.29 is 49.5 Å². The van der Waals surface area contributed by atoms with Crippen LogP contribution in [0.1, 0.15) is 35.1 Å². The van der Waals surface area contributed by atoms with Crippen LogP contribution in [0.25, 0.3) is 0 Å². The number of allylic oxidation sites excluding steroid dienone is 1. The molecular formula is C34H32F3NO8S. The van der Waals surface area contributed by atoms with E-state index in [9.17, 15) is 26.4 Å². The minimum atomic E-state index is -6.02. The van der Waals surface area contributed by atoms with E-state index in [0.29, 0.717) is 23.5 Å². The molecule has 3 aromatic carbocycles. The average molecular weight is 672 g/mol. The normalized spacial score (nSPS) is 20.4. The number of halogens is 3. The summed E-state index contributed by atoms with van der Waals surface area (Å²) in [5.74, 6) is 0.0948. The fraction of sp³-hybridized carbons (Fsp3) is 0.324. The zero-order valence-electron chi connectivity index (χ0n) is 25.6. The van der Waals surface area contributed by atoms with Gasteiger partial charge < -0.3 is 28.0 Å². The SMILES string of the molecule is COC1=C2[C@H]3Cc4ccc(OC)c(OCc5ccccc5)c4[C@@]2(CC=C1OS(=O)(=O)C(F)(F)F)CCN3C(=O)OCc1ccccc1. The van der Waals surface area contributed by atoms with Crippen molar-refractivity contribution >= 4 is 16.2 Å². The van der Waals surface area contributed by atoms with Gasteiger partial charge in [-0.1, -0.05) is 66.7 Å². The van der Waals surface area contributed by atoms with E-state index in [1.54, 1.807) is 6.07 Å². The first-order chi connectivity index (χ1) is 22.5. The van der Waals surface area contributed by atoms with Crippen molar-refractivity contribution in [3.8, 4) is 11.5 Å². The fourth-order valence-electron chi connectivity index (χ4n) is 6.73. The van der Waals surface area contributed by atoms with Crippen LogP contribution in [-0.2, 0) is 48.8 Å². The molecule has 0 saturated carbocycles. The molecule has 1 heterocycles. The number of nitrogens with zero attached hydrogens (tertiary/aromatic N) is 1. The maximum Gasteiger partial charge on any atom is 0.534 e. The summed E-state index contributed by atoms with van der Waals surface area (Å²) in [6, 6.07) is 21.5. The van der Waals surface area contributed by atoms with Crippen LogP contribution in [0.4, 0.5) is 18.0 Å². The highest BCUT2D eigenvalue weighted by Crippen LogP contribution is 2.59. The average Bonchev–Trinajstić information content (AvgIpc) is 3.06. The van der Waals surface area contributed by atoms with Crippen LogP contribution in [0.3, 0.4) is 0 Å². The number of carbonyl (C=O) groups excluding carboxylic acids is 1. The summed E-state index contributed by atoms with van der Waals surface area (Å²) in [6.45, 7) is 0.446. The van der Waals surface area contributed by atoms with Crippen LogP contribution < -0.4 is 9.47 Å². The van der Waals surface area contributed by atoms with Gasteiger partial charge in [-0.3, -0.25) is 0 Å². The van der Waals surface area contributed by atoms with Gasteiger partial charge in [0, 0.05) is 23.1 Å². The highest BCUT2D eigenvalue weighted by atomic mass is 32.2. The number of fused-ring (bicyclic) bond motifs is 1. The predicted molar refractivity (Wildman–Crippen MR) is 164 cm³/mol. The Kier molecular flexibility index (Phi) is 8.60. The predicted octanol–water partition coefficient (Wildman–Crippen LogP) is 6.53. The molecule has 2 atom stereocenters. The molecule has 2 aliphatic carbocycles. The lowest BCUT2D eigenvalue weighted by atomic mass is 9.57. The number of hydrogen-bond donors (Lipinski definition) is 0. The van der Waals surface area contributed by atoms with Gasteiger partial charge in [0.2, 0.25) is 0 Å². The zero-order valence-corrected chi connectivity index (χ0v) is 26.4. The number of alkyl halides is 3. The minimum Gasteiger partial charge on any atom is -0.493 e. The summed E-state index contributed by atoms with van der Waals surface area (Å²) in [6.07, 6.45) is 1.21. The van der Waals surface area contributed by atoms with Gasteiger partial charge in [-0.25, -0.2) is 4.79 Å². The third kappa shape index (κ3) is 5.88. The second kappa shape index (κ2) is 12.5. The maximum absolute atomic E-state index is 13.6. The van der Waals surface area contributed by atoms with Gasteiger partial charge in [0.25, 0.3) is 0 Å². The highest BCUT2D eigenvalue weighted by molar-refractivity contribution is 7.87. The molecular weight excluding hydrogens is 639 g/mol. The van der Waals surface area contributed by atoms with Gasteiger partial charge in [-0.05, 0) is 48.1 Å². The number of ether oxygens (including phenoxy) is 4. The molecule has 1 amide bonds. The molecule has 6 rings (SSSR count). The molecule has 13 heteroatoms. The molecule has 1 aliphatic heterocycles. The Morgan fingerprint density at radius 2 is 1.60 bits per heavy atom. The molecule has 1 fully saturated rings. The lowest BCUT2D eigenvalue weighted by Gasteiger charge is -2.54. The monoisotopic (exact) mass is 671 g/mol. The van der Waals surface area contributed by atoms with Crippen molar-refractivity contribution in [3.05, 3.63) is 118 Å². The lowest BCUT2D eigenvalue weighted by molar-refractivity contribution is -0.0524. The molecule has 0 radical (unpaired) electrons. The summed E-state index contributed by atoms with van der Waals surface area (Å²) < 4.78 is 92.8. The largest absolute Gasteiger partial charge is 0.534 e. The molecule has 0 spiro atoms. The van der Waals surface area contributed by atoms with Gasteiger partial charge in [0.1, 0.15) is 13.2 Å². The summed E-state index contributed by atoms with van der Waals surface area (Å²) in [5.41, 5.74) is -2.98. The standard InChI is InChI=1S/C34H32F3NO8S/c1-42-26-14-13-24-19-25-29-30(43-2)27(46-47(40,41)34(35,36)37)15-16-33(29,28(24)31(26)44-20-22-9-5-3-6-10-22)17-18-38(25)32(39)45-21-23-11-7-4-8-12-23/h3-15,25H,16-21H2,1-2H3/t25-,33-/m1/s1. The van der Waals surface area contributed by atoms with Gasteiger partial charge in [0.15, 0.2) is 23.0 Å². The van der Waals surface area contributed by atoms with Crippen molar-refractivity contribution in [2.75, 3.05) is 20.8 Å². The Labute approximate surface area is 270 Å². The number of amides is 1. The molecule has 3 aliphatic rings. The quantitative estimate of drug-likeness (QED) is 0.187. The van der Waals surface area contributed by atoms with Gasteiger partial charge in [-0.2, -0.15) is 21.6 Å². The van der Waals surface area contributed by atoms with Crippen LogP contribution in [0.15, 0.2) is 96.0 Å². The first-order valence-electron chi connectivity index (χ1n) is 14.8. The number of piperidine rings is 1. The summed E-state index contributed by atoms with van der Waals surface area (Å²) in [7, 11) is -3.29. The molecule has 0 aromatic heterocycles. The number of carbonyl (C=O) groups is 1. The summed E-state index contributed by atoms with van der Waals surface area (Å²) >= 11 is 0. The lowest BCUT2D eigenvalue weighted by Crippen LogP contribution is -2.58. The van der Waals surface area contributed by atoms with Crippen molar-refractivity contribution in [1.29, 1.82) is 0 Å². The Bertz CT molecular complexity index is 1830. The highest BCUT2D eigenvalue weighted by Gasteiger charge is 2.57. The zero-order chi connectivity index (χ0) is 33.4. The number of benzene rings is 3. The first kappa shape index (κ1) is 32.3. The molecule has 248 valence electrons. The van der Waals surface area contributed by atoms with Crippen molar-refractivity contribution in [2.24, 2.45) is 0 Å². The molecule has 9 nitrogen and oxygen atoms in total. The van der Waals surface area contributed by atoms with Gasteiger partial charge >= 0.3 is 21.7 Å². The molecule has 47 heavy (non-hydrogen) atoms. The number of rotatable bonds is 9. The molecule has 0 unspecified atom stereocenters. The Hall–Kier alpha value is -4.65. The van der Waals surface area contributed by atoms with Gasteiger partial charge in [0.05, 0.1) is 20.3 Å². The molecule has 2 bridgehead atoms. The number of likely N-dealkylation sites (tertiary alicyclic amines) is 1. The van der Waals surface area contributed by atoms with Crippen molar-refractivity contribution in [2.45, 2.75) is 49.4 Å². The van der Waals surface area contributed by atoms with Gasteiger partial charge in [-0.15, -0.1) is 0 Å². The smallest absolute Gasteiger partial charge is 0.493 e. The van der Waals surface area contributed by atoms with Crippen LogP contribution in [0.2, 0.25) is 0 Å². The molecule has 0 N–H and O–H groups in total. The van der Waals surface area contributed by atoms with E-state index in [1.165, 1.54) is 25.2 Å². The first-order valence-corrected chi connectivity index (χ1v) is 16.2. The Balaban J connectivity index is 1.47.